The summed E-state index contributed by atoms with van der Waals surface area (Å²) in [4.78, 5) is 23.0. The van der Waals surface area contributed by atoms with Gasteiger partial charge in [0, 0.05) is 12.2 Å². The van der Waals surface area contributed by atoms with E-state index in [0.29, 0.717) is 0 Å². The van der Waals surface area contributed by atoms with E-state index in [1.54, 1.807) is 0 Å². The minimum absolute atomic E-state index is 0.0588. The predicted octanol–water partition coefficient (Wildman–Crippen LogP) is 3.32. The standard InChI is InChI=1S/C16H24O4/c1-11(2)9-15(17)19-13-5-7-14(8-6-13)20-16(18)10-12(3)4/h9-10,13-14H,5-8H2,1-4H3. The first kappa shape index (κ1) is 16.5. The maximum atomic E-state index is 11.5. The molecule has 1 aliphatic rings. The molecule has 0 bridgehead atoms. The van der Waals surface area contributed by atoms with Crippen LogP contribution in [-0.4, -0.2) is 24.1 Å². The molecule has 1 aliphatic carbocycles. The van der Waals surface area contributed by atoms with Crippen molar-refractivity contribution in [2.75, 3.05) is 0 Å². The Balaban J connectivity index is 2.33. The van der Waals surface area contributed by atoms with Crippen molar-refractivity contribution in [3.05, 3.63) is 23.3 Å². The van der Waals surface area contributed by atoms with Gasteiger partial charge in [0.15, 0.2) is 0 Å². The van der Waals surface area contributed by atoms with Gasteiger partial charge in [0.2, 0.25) is 0 Å². The lowest BCUT2D eigenvalue weighted by molar-refractivity contribution is -0.152. The Morgan fingerprint density at radius 3 is 1.30 bits per heavy atom. The molecule has 0 heterocycles. The van der Waals surface area contributed by atoms with Crippen LogP contribution in [-0.2, 0) is 19.1 Å². The second kappa shape index (κ2) is 7.88. The van der Waals surface area contributed by atoms with E-state index in [0.717, 1.165) is 36.8 Å². The van der Waals surface area contributed by atoms with E-state index in [-0.39, 0.29) is 24.1 Å². The average Bonchev–Trinajstić information content (AvgIpc) is 2.29. The Bertz CT molecular complexity index is 364. The molecule has 1 saturated carbocycles. The van der Waals surface area contributed by atoms with Gasteiger partial charge in [-0.15, -0.1) is 0 Å². The number of allylic oxidation sites excluding steroid dienone is 2. The van der Waals surface area contributed by atoms with Crippen molar-refractivity contribution < 1.29 is 19.1 Å². The maximum Gasteiger partial charge on any atom is 0.330 e. The Kier molecular flexibility index (Phi) is 6.49. The molecule has 4 nitrogen and oxygen atoms in total. The lowest BCUT2D eigenvalue weighted by Gasteiger charge is -2.27. The summed E-state index contributed by atoms with van der Waals surface area (Å²) >= 11 is 0. The zero-order valence-electron chi connectivity index (χ0n) is 12.8. The third-order valence-electron chi connectivity index (χ3n) is 3.00. The molecule has 0 aromatic heterocycles. The van der Waals surface area contributed by atoms with Crippen molar-refractivity contribution in [2.45, 2.75) is 65.6 Å². The first-order chi connectivity index (χ1) is 9.36. The molecule has 112 valence electrons. The molecule has 1 rings (SSSR count). The Hall–Kier alpha value is -1.58. The van der Waals surface area contributed by atoms with Gasteiger partial charge >= 0.3 is 11.9 Å². The second-order valence-electron chi connectivity index (χ2n) is 5.72. The summed E-state index contributed by atoms with van der Waals surface area (Å²) < 4.78 is 10.7. The van der Waals surface area contributed by atoms with Crippen LogP contribution >= 0.6 is 0 Å². The van der Waals surface area contributed by atoms with Crippen LogP contribution in [0.1, 0.15) is 53.4 Å². The minimum Gasteiger partial charge on any atom is -0.459 e. The average molecular weight is 280 g/mol. The number of esters is 2. The van der Waals surface area contributed by atoms with Gasteiger partial charge in [0.25, 0.3) is 0 Å². The van der Waals surface area contributed by atoms with Crippen LogP contribution < -0.4 is 0 Å². The van der Waals surface area contributed by atoms with E-state index in [1.165, 1.54) is 12.2 Å². The van der Waals surface area contributed by atoms with E-state index in [1.807, 2.05) is 27.7 Å². The molecule has 0 atom stereocenters. The van der Waals surface area contributed by atoms with Gasteiger partial charge in [-0.3, -0.25) is 0 Å². The molecule has 20 heavy (non-hydrogen) atoms. The van der Waals surface area contributed by atoms with Crippen molar-refractivity contribution in [1.29, 1.82) is 0 Å². The van der Waals surface area contributed by atoms with Gasteiger partial charge in [0.1, 0.15) is 12.2 Å². The van der Waals surface area contributed by atoms with E-state index < -0.39 is 0 Å². The summed E-state index contributed by atoms with van der Waals surface area (Å²) in [7, 11) is 0. The molecular weight excluding hydrogens is 256 g/mol. The first-order valence-electron chi connectivity index (χ1n) is 7.08. The summed E-state index contributed by atoms with van der Waals surface area (Å²) in [6, 6.07) is 0. The molecule has 4 heteroatoms. The summed E-state index contributed by atoms with van der Waals surface area (Å²) in [5, 5.41) is 0. The Morgan fingerprint density at radius 1 is 0.750 bits per heavy atom. The zero-order valence-corrected chi connectivity index (χ0v) is 12.8. The maximum absolute atomic E-state index is 11.5. The highest BCUT2D eigenvalue weighted by atomic mass is 16.6. The van der Waals surface area contributed by atoms with Crippen molar-refractivity contribution in [1.82, 2.24) is 0 Å². The normalized spacial score (nSPS) is 21.6. The summed E-state index contributed by atoms with van der Waals surface area (Å²) in [5.74, 6) is -0.565. The van der Waals surface area contributed by atoms with Crippen LogP contribution in [0, 0.1) is 0 Å². The fourth-order valence-corrected chi connectivity index (χ4v) is 2.14. The van der Waals surface area contributed by atoms with Crippen LogP contribution in [0.5, 0.6) is 0 Å². The number of rotatable bonds is 4. The van der Waals surface area contributed by atoms with Gasteiger partial charge in [-0.25, -0.2) is 9.59 Å². The van der Waals surface area contributed by atoms with Gasteiger partial charge in [-0.2, -0.15) is 0 Å². The number of hydrogen-bond acceptors (Lipinski definition) is 4. The largest absolute Gasteiger partial charge is 0.459 e. The molecule has 0 amide bonds. The highest BCUT2D eigenvalue weighted by Gasteiger charge is 2.25. The van der Waals surface area contributed by atoms with Gasteiger partial charge in [-0.1, -0.05) is 11.1 Å². The summed E-state index contributed by atoms with van der Waals surface area (Å²) in [5.41, 5.74) is 1.86. The predicted molar refractivity (Wildman–Crippen MR) is 77.1 cm³/mol. The number of ether oxygens (including phenoxy) is 2. The van der Waals surface area contributed by atoms with Crippen molar-refractivity contribution in [2.24, 2.45) is 0 Å². The lowest BCUT2D eigenvalue weighted by atomic mass is 9.95. The molecule has 0 spiro atoms. The summed E-state index contributed by atoms with van der Waals surface area (Å²) in [6.07, 6.45) is 5.86. The molecule has 0 aliphatic heterocycles. The second-order valence-corrected chi connectivity index (χ2v) is 5.72. The topological polar surface area (TPSA) is 52.6 Å². The molecular formula is C16H24O4. The summed E-state index contributed by atoms with van der Waals surface area (Å²) in [6.45, 7) is 7.45. The Labute approximate surface area is 120 Å². The lowest BCUT2D eigenvalue weighted by Crippen LogP contribution is -2.29. The monoisotopic (exact) mass is 280 g/mol. The van der Waals surface area contributed by atoms with E-state index in [4.69, 9.17) is 9.47 Å². The van der Waals surface area contributed by atoms with Crippen molar-refractivity contribution in [3.63, 3.8) is 0 Å². The molecule has 0 N–H and O–H groups in total. The van der Waals surface area contributed by atoms with Gasteiger partial charge < -0.3 is 9.47 Å². The number of carbonyl (C=O) groups excluding carboxylic acids is 2. The van der Waals surface area contributed by atoms with Gasteiger partial charge in [0.05, 0.1) is 0 Å². The highest BCUT2D eigenvalue weighted by molar-refractivity contribution is 5.83. The van der Waals surface area contributed by atoms with Crippen LogP contribution in [0.15, 0.2) is 23.3 Å². The molecule has 0 unspecified atom stereocenters. The van der Waals surface area contributed by atoms with Crippen LogP contribution in [0.3, 0.4) is 0 Å². The van der Waals surface area contributed by atoms with Crippen molar-refractivity contribution >= 4 is 11.9 Å². The molecule has 0 aromatic carbocycles. The van der Waals surface area contributed by atoms with E-state index >= 15 is 0 Å². The van der Waals surface area contributed by atoms with Crippen LogP contribution in [0.2, 0.25) is 0 Å². The Morgan fingerprint density at radius 2 is 1.05 bits per heavy atom. The third kappa shape index (κ3) is 6.55. The van der Waals surface area contributed by atoms with Gasteiger partial charge in [-0.05, 0) is 53.4 Å². The van der Waals surface area contributed by atoms with Crippen molar-refractivity contribution in [3.8, 4) is 0 Å². The molecule has 0 radical (unpaired) electrons. The number of hydrogen-bond donors (Lipinski definition) is 0. The van der Waals surface area contributed by atoms with E-state index in [2.05, 4.69) is 0 Å². The van der Waals surface area contributed by atoms with Crippen LogP contribution in [0.4, 0.5) is 0 Å². The first-order valence-corrected chi connectivity index (χ1v) is 7.08. The smallest absolute Gasteiger partial charge is 0.330 e. The third-order valence-corrected chi connectivity index (χ3v) is 3.00. The molecule has 0 aromatic rings. The molecule has 0 saturated heterocycles. The quantitative estimate of drug-likeness (QED) is 0.585. The SMILES string of the molecule is CC(C)=CC(=O)OC1CCC(OC(=O)C=C(C)C)CC1. The minimum atomic E-state index is -0.282. The fraction of sp³-hybridized carbons (Fsp3) is 0.625. The van der Waals surface area contributed by atoms with E-state index in [9.17, 15) is 9.59 Å². The zero-order chi connectivity index (χ0) is 15.1. The van der Waals surface area contributed by atoms with Crippen LogP contribution in [0.25, 0.3) is 0 Å². The number of carbonyl (C=O) groups is 2. The fourth-order valence-electron chi connectivity index (χ4n) is 2.14. The molecule has 1 fully saturated rings. The highest BCUT2D eigenvalue weighted by Crippen LogP contribution is 2.24.